The molecule has 0 saturated carbocycles. The molecule has 0 N–H and O–H groups in total. The average molecular weight is 524 g/mol. The molecule has 5 rings (SSSR count). The minimum absolute atomic E-state index is 0.0400. The highest BCUT2D eigenvalue weighted by molar-refractivity contribution is 5.68. The summed E-state index contributed by atoms with van der Waals surface area (Å²) < 4.78 is 27.8. The minimum atomic E-state index is -0.502. The van der Waals surface area contributed by atoms with E-state index in [2.05, 4.69) is 25.0 Å². The van der Waals surface area contributed by atoms with E-state index >= 15 is 0 Å². The lowest BCUT2D eigenvalue weighted by Gasteiger charge is -2.54. The van der Waals surface area contributed by atoms with Gasteiger partial charge in [-0.15, -0.1) is 0 Å². The molecule has 0 aliphatic carbocycles. The third-order valence-electron chi connectivity index (χ3n) is 6.95. The standard InChI is InChI=1S/C27H34FN7O3/c1-18(2)35-23(31-17-32-35)20-12-19(28)6-7-21(20)37-22-13-29-16-30-24(22)34-14-27(15-34)8-10-33(11-9-27)25(36)38-26(3,4)5/h6-7,12-13,16-18H,8-11,14-15H2,1-5H3. The van der Waals surface area contributed by atoms with Crippen LogP contribution < -0.4 is 9.64 Å². The summed E-state index contributed by atoms with van der Waals surface area (Å²) in [5, 5.41) is 4.28. The second-order valence-corrected chi connectivity index (χ2v) is 11.4. The number of piperidine rings is 1. The summed E-state index contributed by atoms with van der Waals surface area (Å²) >= 11 is 0. The zero-order chi connectivity index (χ0) is 27.1. The molecule has 2 aliphatic rings. The lowest BCUT2D eigenvalue weighted by Crippen LogP contribution is -2.61. The topological polar surface area (TPSA) is 98.5 Å². The van der Waals surface area contributed by atoms with Gasteiger partial charge >= 0.3 is 6.09 Å². The van der Waals surface area contributed by atoms with Gasteiger partial charge in [-0.3, -0.25) is 0 Å². The van der Waals surface area contributed by atoms with Gasteiger partial charge in [-0.05, 0) is 65.7 Å². The molecule has 0 atom stereocenters. The maximum Gasteiger partial charge on any atom is 0.410 e. The normalized spacial score (nSPS) is 17.0. The van der Waals surface area contributed by atoms with Gasteiger partial charge in [-0.1, -0.05) is 0 Å². The molecule has 0 radical (unpaired) electrons. The third kappa shape index (κ3) is 5.27. The van der Waals surface area contributed by atoms with Crippen molar-refractivity contribution >= 4 is 11.9 Å². The highest BCUT2D eigenvalue weighted by Crippen LogP contribution is 2.45. The molecule has 1 amide bonds. The second kappa shape index (κ2) is 9.85. The van der Waals surface area contributed by atoms with Crippen LogP contribution in [0.5, 0.6) is 11.5 Å². The van der Waals surface area contributed by atoms with Gasteiger partial charge in [0, 0.05) is 37.6 Å². The van der Waals surface area contributed by atoms with Crippen LogP contribution >= 0.6 is 0 Å². The summed E-state index contributed by atoms with van der Waals surface area (Å²) in [7, 11) is 0. The molecule has 2 aliphatic heterocycles. The fraction of sp³-hybridized carbons (Fsp3) is 0.519. The molecule has 4 heterocycles. The summed E-state index contributed by atoms with van der Waals surface area (Å²) in [6, 6.07) is 4.39. The van der Waals surface area contributed by atoms with E-state index in [1.54, 1.807) is 21.8 Å². The number of carbonyl (C=O) groups is 1. The molecule has 1 aromatic carbocycles. The number of ether oxygens (including phenoxy) is 2. The fourth-order valence-corrected chi connectivity index (χ4v) is 5.04. The Bertz CT molecular complexity index is 1300. The Hall–Kier alpha value is -3.76. The van der Waals surface area contributed by atoms with Crippen LogP contribution in [0.1, 0.15) is 53.5 Å². The van der Waals surface area contributed by atoms with E-state index < -0.39 is 11.4 Å². The highest BCUT2D eigenvalue weighted by Gasteiger charge is 2.47. The largest absolute Gasteiger partial charge is 0.451 e. The number of hydrogen-bond acceptors (Lipinski definition) is 8. The highest BCUT2D eigenvalue weighted by atomic mass is 19.1. The van der Waals surface area contributed by atoms with Crippen LogP contribution in [0.25, 0.3) is 11.4 Å². The molecule has 0 bridgehead atoms. The number of amides is 1. The van der Waals surface area contributed by atoms with Crippen LogP contribution in [-0.2, 0) is 4.74 Å². The van der Waals surface area contributed by atoms with E-state index in [9.17, 15) is 9.18 Å². The number of rotatable bonds is 5. The van der Waals surface area contributed by atoms with Crippen molar-refractivity contribution in [2.24, 2.45) is 5.41 Å². The number of nitrogens with zero attached hydrogens (tertiary/aromatic N) is 7. The smallest absolute Gasteiger partial charge is 0.410 e. The maximum atomic E-state index is 14.3. The van der Waals surface area contributed by atoms with Gasteiger partial charge in [0.05, 0.1) is 11.8 Å². The first-order chi connectivity index (χ1) is 18.0. The van der Waals surface area contributed by atoms with Gasteiger partial charge in [-0.2, -0.15) is 5.10 Å². The molecule has 202 valence electrons. The van der Waals surface area contributed by atoms with Gasteiger partial charge < -0.3 is 19.3 Å². The van der Waals surface area contributed by atoms with Gasteiger partial charge in [0.25, 0.3) is 0 Å². The molecular weight excluding hydrogens is 489 g/mol. The molecule has 11 heteroatoms. The molecule has 2 saturated heterocycles. The molecule has 10 nitrogen and oxygen atoms in total. The number of hydrogen-bond donors (Lipinski definition) is 0. The van der Waals surface area contributed by atoms with Crippen LogP contribution in [0.15, 0.2) is 37.1 Å². The predicted octanol–water partition coefficient (Wildman–Crippen LogP) is 5.08. The molecule has 0 unspecified atom stereocenters. The van der Waals surface area contributed by atoms with Crippen molar-refractivity contribution in [2.75, 3.05) is 31.1 Å². The van der Waals surface area contributed by atoms with Crippen molar-refractivity contribution < 1.29 is 18.7 Å². The number of carbonyl (C=O) groups excluding carboxylic acids is 1. The van der Waals surface area contributed by atoms with Crippen LogP contribution in [0.2, 0.25) is 0 Å². The van der Waals surface area contributed by atoms with Gasteiger partial charge in [0.1, 0.15) is 29.8 Å². The van der Waals surface area contributed by atoms with Crippen LogP contribution in [0.4, 0.5) is 15.0 Å². The summed E-state index contributed by atoms with van der Waals surface area (Å²) in [5.74, 6) is 1.74. The van der Waals surface area contributed by atoms with Crippen molar-refractivity contribution in [3.8, 4) is 22.9 Å². The monoisotopic (exact) mass is 523 g/mol. The van der Waals surface area contributed by atoms with Gasteiger partial charge in [0.15, 0.2) is 17.4 Å². The van der Waals surface area contributed by atoms with Crippen LogP contribution in [-0.4, -0.2) is 67.5 Å². The van der Waals surface area contributed by atoms with Crippen molar-refractivity contribution in [3.05, 3.63) is 42.9 Å². The third-order valence-corrected chi connectivity index (χ3v) is 6.95. The Morgan fingerprint density at radius 2 is 1.82 bits per heavy atom. The zero-order valence-electron chi connectivity index (χ0n) is 22.5. The number of anilines is 1. The van der Waals surface area contributed by atoms with Crippen molar-refractivity contribution in [3.63, 3.8) is 0 Å². The Labute approximate surface area is 221 Å². The van der Waals surface area contributed by atoms with E-state index in [0.29, 0.717) is 41.8 Å². The van der Waals surface area contributed by atoms with Crippen molar-refractivity contribution in [2.45, 2.75) is 59.1 Å². The van der Waals surface area contributed by atoms with Crippen LogP contribution in [0.3, 0.4) is 0 Å². The Morgan fingerprint density at radius 1 is 1.08 bits per heavy atom. The first-order valence-corrected chi connectivity index (χ1v) is 12.9. The Balaban J connectivity index is 1.30. The summed E-state index contributed by atoms with van der Waals surface area (Å²) in [5.41, 5.74) is 0.119. The first kappa shape index (κ1) is 25.9. The lowest BCUT2D eigenvalue weighted by molar-refractivity contribution is 0.00587. The van der Waals surface area contributed by atoms with E-state index in [1.807, 2.05) is 34.6 Å². The quantitative estimate of drug-likeness (QED) is 0.456. The Morgan fingerprint density at radius 3 is 2.50 bits per heavy atom. The number of likely N-dealkylation sites (tertiary alicyclic amines) is 1. The Kier molecular flexibility index (Phi) is 6.70. The second-order valence-electron chi connectivity index (χ2n) is 11.4. The zero-order valence-corrected chi connectivity index (χ0v) is 22.5. The molecule has 38 heavy (non-hydrogen) atoms. The summed E-state index contributed by atoms with van der Waals surface area (Å²) in [6.07, 6.45) is 6.12. The SMILES string of the molecule is CC(C)n1ncnc1-c1cc(F)ccc1Oc1cncnc1N1CC2(CCN(C(=O)OC(C)(C)C)CC2)C1. The van der Waals surface area contributed by atoms with E-state index in [4.69, 9.17) is 9.47 Å². The van der Waals surface area contributed by atoms with E-state index in [-0.39, 0.29) is 17.6 Å². The van der Waals surface area contributed by atoms with Crippen LogP contribution in [0, 0.1) is 11.2 Å². The summed E-state index contributed by atoms with van der Waals surface area (Å²) in [6.45, 7) is 12.6. The number of aromatic nitrogens is 5. The molecule has 2 aromatic heterocycles. The molecular formula is C27H34FN7O3. The minimum Gasteiger partial charge on any atom is -0.451 e. The average Bonchev–Trinajstić information content (AvgIpc) is 3.33. The van der Waals surface area contributed by atoms with Gasteiger partial charge in [-0.25, -0.2) is 28.8 Å². The molecule has 3 aromatic rings. The van der Waals surface area contributed by atoms with E-state index in [1.165, 1.54) is 24.8 Å². The van der Waals surface area contributed by atoms with Gasteiger partial charge in [0.2, 0.25) is 0 Å². The molecule has 1 spiro atoms. The fourth-order valence-electron chi connectivity index (χ4n) is 5.04. The van der Waals surface area contributed by atoms with E-state index in [0.717, 1.165) is 25.9 Å². The van der Waals surface area contributed by atoms with Crippen molar-refractivity contribution in [1.82, 2.24) is 29.6 Å². The summed E-state index contributed by atoms with van der Waals surface area (Å²) in [4.78, 5) is 29.5. The maximum absolute atomic E-state index is 14.3. The van der Waals surface area contributed by atoms with Crippen molar-refractivity contribution in [1.29, 1.82) is 0 Å². The number of halogens is 1. The predicted molar refractivity (Wildman–Crippen MR) is 140 cm³/mol. The first-order valence-electron chi connectivity index (χ1n) is 12.9. The lowest BCUT2D eigenvalue weighted by atomic mass is 9.72. The molecule has 2 fully saturated rings. The number of benzene rings is 1.